The zero-order valence-corrected chi connectivity index (χ0v) is 25.2. The van der Waals surface area contributed by atoms with Crippen LogP contribution in [0.3, 0.4) is 0 Å². The quantitative estimate of drug-likeness (QED) is 0.302. The third-order valence-electron chi connectivity index (χ3n) is 7.23. The van der Waals surface area contributed by atoms with Crippen molar-refractivity contribution in [1.29, 1.82) is 0 Å². The van der Waals surface area contributed by atoms with Gasteiger partial charge in [0.2, 0.25) is 5.90 Å². The molecule has 0 bridgehead atoms. The van der Waals surface area contributed by atoms with Gasteiger partial charge in [-0.2, -0.15) is 0 Å². The predicted molar refractivity (Wildman–Crippen MR) is 168 cm³/mol. The summed E-state index contributed by atoms with van der Waals surface area (Å²) in [5.41, 5.74) is 3.46. The van der Waals surface area contributed by atoms with Crippen LogP contribution in [0.5, 0.6) is 17.2 Å². The Kier molecular flexibility index (Phi) is 11.1. The Morgan fingerprint density at radius 1 is 0.622 bits per heavy atom. The summed E-state index contributed by atoms with van der Waals surface area (Å²) in [6.07, 6.45) is 0. The van der Waals surface area contributed by atoms with E-state index in [9.17, 15) is 0 Å². The van der Waals surface area contributed by atoms with Gasteiger partial charge in [-0.25, -0.2) is 9.98 Å². The van der Waals surface area contributed by atoms with Crippen LogP contribution in [0.25, 0.3) is 10.9 Å². The molecule has 0 amide bonds. The summed E-state index contributed by atoms with van der Waals surface area (Å²) < 4.78 is 46.6. The molecule has 0 spiro atoms. The van der Waals surface area contributed by atoms with E-state index in [2.05, 4.69) is 12.1 Å². The van der Waals surface area contributed by atoms with E-state index in [1.54, 1.807) is 0 Å². The van der Waals surface area contributed by atoms with Gasteiger partial charge in [0, 0.05) is 5.39 Å². The van der Waals surface area contributed by atoms with Crippen LogP contribution < -0.4 is 14.2 Å². The van der Waals surface area contributed by atoms with Gasteiger partial charge in [-0.05, 0) is 35.4 Å². The van der Waals surface area contributed by atoms with Crippen molar-refractivity contribution in [3.8, 4) is 17.2 Å². The van der Waals surface area contributed by atoms with Crippen LogP contribution in [0, 0.1) is 0 Å². The number of fused-ring (bicyclic) bond motifs is 2. The standard InChI is InChI=1S/C35H38N2O8/c1-2-5-27(6-3-1)30-25-45-35(37-30)29-11-10-28-7-4-8-32(34(28)36-29)44-24-26-9-12-31-33(23-26)43-22-20-41-18-16-39-14-13-38-15-17-40-19-21-42-31/h1-12,23,30H,13-22,24-25H2/t30-/m0/s1. The van der Waals surface area contributed by atoms with Crippen LogP contribution in [0.4, 0.5) is 0 Å². The topological polar surface area (TPSA) is 99.1 Å². The fraction of sp³-hybridized carbons (Fsp3) is 0.371. The van der Waals surface area contributed by atoms with E-state index >= 15 is 0 Å². The third kappa shape index (κ3) is 8.70. The van der Waals surface area contributed by atoms with E-state index in [1.807, 2.05) is 66.7 Å². The number of aliphatic imine (C=N–C) groups is 1. The molecule has 45 heavy (non-hydrogen) atoms. The monoisotopic (exact) mass is 614 g/mol. The molecule has 0 unspecified atom stereocenters. The number of aromatic nitrogens is 1. The zero-order valence-electron chi connectivity index (χ0n) is 25.2. The number of para-hydroxylation sites is 1. The maximum atomic E-state index is 6.31. The van der Waals surface area contributed by atoms with E-state index in [0.717, 1.165) is 22.0 Å². The molecule has 0 saturated carbocycles. The Morgan fingerprint density at radius 2 is 1.31 bits per heavy atom. The summed E-state index contributed by atoms with van der Waals surface area (Å²) >= 11 is 0. The molecule has 0 aliphatic carbocycles. The van der Waals surface area contributed by atoms with Crippen molar-refractivity contribution in [2.45, 2.75) is 12.6 Å². The molecule has 2 aliphatic rings. The highest BCUT2D eigenvalue weighted by atomic mass is 16.6. The number of hydrogen-bond acceptors (Lipinski definition) is 10. The van der Waals surface area contributed by atoms with Crippen molar-refractivity contribution in [3.63, 3.8) is 0 Å². The van der Waals surface area contributed by atoms with Crippen molar-refractivity contribution < 1.29 is 37.9 Å². The lowest BCUT2D eigenvalue weighted by Crippen LogP contribution is -2.16. The second-order valence-electron chi connectivity index (χ2n) is 10.4. The van der Waals surface area contributed by atoms with Crippen LogP contribution in [-0.2, 0) is 30.3 Å². The Hall–Kier alpha value is -4.22. The number of benzene rings is 3. The van der Waals surface area contributed by atoms with E-state index in [-0.39, 0.29) is 6.04 Å². The molecule has 236 valence electrons. The normalized spacial score (nSPS) is 18.8. The molecule has 4 aromatic rings. The number of nitrogens with zero attached hydrogens (tertiary/aromatic N) is 2. The summed E-state index contributed by atoms with van der Waals surface area (Å²) in [6, 6.07) is 25.7. The van der Waals surface area contributed by atoms with Crippen LogP contribution in [-0.4, -0.2) is 83.6 Å². The first-order valence-corrected chi connectivity index (χ1v) is 15.3. The lowest BCUT2D eigenvalue weighted by atomic mass is 10.1. The van der Waals surface area contributed by atoms with Gasteiger partial charge in [0.05, 0.1) is 52.9 Å². The first-order chi connectivity index (χ1) is 22.3. The highest BCUT2D eigenvalue weighted by Gasteiger charge is 2.23. The molecular weight excluding hydrogens is 576 g/mol. The summed E-state index contributed by atoms with van der Waals surface area (Å²) in [5.74, 6) is 2.45. The minimum absolute atomic E-state index is 0.0452. The van der Waals surface area contributed by atoms with E-state index in [1.165, 1.54) is 0 Å². The Balaban J connectivity index is 1.13. The lowest BCUT2D eigenvalue weighted by Gasteiger charge is -2.16. The smallest absolute Gasteiger partial charge is 0.236 e. The molecule has 3 aromatic carbocycles. The van der Waals surface area contributed by atoms with Crippen molar-refractivity contribution in [2.75, 3.05) is 72.7 Å². The largest absolute Gasteiger partial charge is 0.487 e. The molecule has 0 saturated heterocycles. The van der Waals surface area contributed by atoms with Gasteiger partial charge in [0.15, 0.2) is 11.5 Å². The van der Waals surface area contributed by atoms with Gasteiger partial charge in [0.1, 0.15) is 49.4 Å². The van der Waals surface area contributed by atoms with Crippen molar-refractivity contribution in [2.24, 2.45) is 4.99 Å². The Morgan fingerprint density at radius 3 is 2.04 bits per heavy atom. The molecule has 10 nitrogen and oxygen atoms in total. The second-order valence-corrected chi connectivity index (χ2v) is 10.4. The van der Waals surface area contributed by atoms with Gasteiger partial charge in [-0.3, -0.25) is 0 Å². The third-order valence-corrected chi connectivity index (χ3v) is 7.23. The molecule has 6 rings (SSSR count). The highest BCUT2D eigenvalue weighted by Crippen LogP contribution is 2.31. The van der Waals surface area contributed by atoms with Gasteiger partial charge < -0.3 is 37.9 Å². The number of rotatable bonds is 5. The number of ether oxygens (including phenoxy) is 8. The number of hydrogen-bond donors (Lipinski definition) is 0. The fourth-order valence-electron chi connectivity index (χ4n) is 4.93. The molecule has 0 fully saturated rings. The number of pyridine rings is 1. The SMILES string of the molecule is c1ccc([C@@H]2COC(c3ccc4cccc(OCc5ccc6c(c5)OCCOCCOCCOCCOCCO6)c4n3)=N2)cc1. The summed E-state index contributed by atoms with van der Waals surface area (Å²) in [6.45, 7) is 5.46. The second kappa shape index (κ2) is 16.2. The van der Waals surface area contributed by atoms with Crippen LogP contribution >= 0.6 is 0 Å². The molecular formula is C35H38N2O8. The maximum Gasteiger partial charge on any atom is 0.236 e. The van der Waals surface area contributed by atoms with Crippen molar-refractivity contribution in [1.82, 2.24) is 4.98 Å². The van der Waals surface area contributed by atoms with Gasteiger partial charge >= 0.3 is 0 Å². The van der Waals surface area contributed by atoms with Crippen molar-refractivity contribution in [3.05, 3.63) is 95.7 Å². The Bertz CT molecular complexity index is 1550. The Labute approximate surface area is 262 Å². The molecule has 1 aromatic heterocycles. The van der Waals surface area contributed by atoms with Crippen molar-refractivity contribution >= 4 is 16.8 Å². The molecule has 2 aliphatic heterocycles. The first kappa shape index (κ1) is 30.8. The average Bonchev–Trinajstić information content (AvgIpc) is 3.58. The molecule has 0 N–H and O–H groups in total. The molecule has 10 heteroatoms. The van der Waals surface area contributed by atoms with Crippen LogP contribution in [0.2, 0.25) is 0 Å². The summed E-state index contributed by atoms with van der Waals surface area (Å²) in [4.78, 5) is 9.70. The van der Waals surface area contributed by atoms with Crippen LogP contribution in [0.15, 0.2) is 83.9 Å². The minimum Gasteiger partial charge on any atom is -0.487 e. The summed E-state index contributed by atoms with van der Waals surface area (Å²) in [7, 11) is 0. The van der Waals surface area contributed by atoms with Crippen LogP contribution in [0.1, 0.15) is 22.9 Å². The highest BCUT2D eigenvalue weighted by molar-refractivity contribution is 5.96. The lowest BCUT2D eigenvalue weighted by molar-refractivity contribution is -0.00842. The average molecular weight is 615 g/mol. The minimum atomic E-state index is -0.0452. The molecule has 1 atom stereocenters. The van der Waals surface area contributed by atoms with Gasteiger partial charge in [-0.1, -0.05) is 54.6 Å². The van der Waals surface area contributed by atoms with E-state index < -0.39 is 0 Å². The maximum absolute atomic E-state index is 6.31. The molecule has 0 radical (unpaired) electrons. The van der Waals surface area contributed by atoms with Gasteiger partial charge in [-0.15, -0.1) is 0 Å². The fourth-order valence-corrected chi connectivity index (χ4v) is 4.93. The molecule has 3 heterocycles. The predicted octanol–water partition coefficient (Wildman–Crippen LogP) is 5.17. The first-order valence-electron chi connectivity index (χ1n) is 15.3. The van der Waals surface area contributed by atoms with E-state index in [0.29, 0.717) is 108 Å². The van der Waals surface area contributed by atoms with Gasteiger partial charge in [0.25, 0.3) is 0 Å². The van der Waals surface area contributed by atoms with E-state index in [4.69, 9.17) is 47.9 Å². The zero-order chi connectivity index (χ0) is 30.5. The summed E-state index contributed by atoms with van der Waals surface area (Å²) in [5, 5.41) is 0.965.